The van der Waals surface area contributed by atoms with E-state index in [1.807, 2.05) is 24.3 Å². The Kier molecular flexibility index (Phi) is 5.87. The molecule has 1 aliphatic rings. The molecule has 31 heavy (non-hydrogen) atoms. The predicted octanol–water partition coefficient (Wildman–Crippen LogP) is 3.16. The molecule has 8 heteroatoms. The van der Waals surface area contributed by atoms with Crippen molar-refractivity contribution in [2.75, 3.05) is 11.9 Å². The van der Waals surface area contributed by atoms with Gasteiger partial charge in [0.2, 0.25) is 5.91 Å². The molecule has 0 radical (unpaired) electrons. The number of rotatable bonds is 5. The van der Waals surface area contributed by atoms with Crippen LogP contribution in [0.15, 0.2) is 54.7 Å². The summed E-state index contributed by atoms with van der Waals surface area (Å²) in [5.74, 6) is 0.166. The lowest BCUT2D eigenvalue weighted by Crippen LogP contribution is -2.46. The molecule has 2 aromatic carbocycles. The summed E-state index contributed by atoms with van der Waals surface area (Å²) in [6.07, 6.45) is 3.03. The zero-order valence-electron chi connectivity index (χ0n) is 16.9. The van der Waals surface area contributed by atoms with Crippen molar-refractivity contribution in [3.63, 3.8) is 0 Å². The third-order valence-electron chi connectivity index (χ3n) is 5.41. The van der Waals surface area contributed by atoms with Crippen molar-refractivity contribution in [3.05, 3.63) is 60.3 Å². The van der Waals surface area contributed by atoms with Gasteiger partial charge in [0.15, 0.2) is 0 Å². The van der Waals surface area contributed by atoms with Crippen molar-refractivity contribution in [2.45, 2.75) is 31.3 Å². The first-order valence-corrected chi connectivity index (χ1v) is 10.1. The van der Waals surface area contributed by atoms with Gasteiger partial charge in [0.25, 0.3) is 0 Å². The Balaban J connectivity index is 1.46. The second-order valence-corrected chi connectivity index (χ2v) is 7.53. The number of anilines is 1. The normalized spacial score (nSPS) is 16.6. The smallest absolute Gasteiger partial charge is 0.410 e. The lowest BCUT2D eigenvalue weighted by Gasteiger charge is -2.23. The van der Waals surface area contributed by atoms with E-state index in [4.69, 9.17) is 10.5 Å². The molecule has 158 valence electrons. The molecule has 2 amide bonds. The highest BCUT2D eigenvalue weighted by Gasteiger charge is 2.31. The molecule has 1 saturated heterocycles. The number of hydrogen-bond acceptors (Lipinski definition) is 5. The third kappa shape index (κ3) is 4.52. The number of aromatic nitrogens is 1. The number of nitrogens with zero attached hydrogens (tertiary/aromatic N) is 2. The molecular formula is C23H23N5O3. The number of hydrogen-bond donors (Lipinski definition) is 3. The highest BCUT2D eigenvalue weighted by molar-refractivity contribution is 5.89. The molecule has 8 nitrogen and oxygen atoms in total. The highest BCUT2D eigenvalue weighted by atomic mass is 16.6. The fourth-order valence-corrected chi connectivity index (χ4v) is 3.86. The highest BCUT2D eigenvalue weighted by Crippen LogP contribution is 2.26. The Morgan fingerprint density at radius 3 is 2.87 bits per heavy atom. The number of fused-ring (bicyclic) bond motifs is 1. The number of ether oxygens (including phenoxy) is 1. The van der Waals surface area contributed by atoms with Crippen LogP contribution in [0.1, 0.15) is 18.4 Å². The Morgan fingerprint density at radius 2 is 2.10 bits per heavy atom. The van der Waals surface area contributed by atoms with Crippen molar-refractivity contribution in [2.24, 2.45) is 5.73 Å². The third-order valence-corrected chi connectivity index (χ3v) is 5.41. The van der Waals surface area contributed by atoms with Crippen molar-refractivity contribution in [1.82, 2.24) is 9.88 Å². The van der Waals surface area contributed by atoms with Crippen LogP contribution in [0.25, 0.3) is 10.9 Å². The van der Waals surface area contributed by atoms with Gasteiger partial charge < -0.3 is 20.4 Å². The van der Waals surface area contributed by atoms with Gasteiger partial charge in [-0.2, -0.15) is 5.26 Å². The van der Waals surface area contributed by atoms with Crippen molar-refractivity contribution in [3.8, 4) is 11.8 Å². The van der Waals surface area contributed by atoms with Gasteiger partial charge in [-0.1, -0.05) is 18.2 Å². The van der Waals surface area contributed by atoms with E-state index in [1.54, 1.807) is 35.4 Å². The van der Waals surface area contributed by atoms with Gasteiger partial charge in [0, 0.05) is 29.3 Å². The van der Waals surface area contributed by atoms with E-state index in [-0.39, 0.29) is 5.91 Å². The van der Waals surface area contributed by atoms with Crippen LogP contribution in [0.3, 0.4) is 0 Å². The Labute approximate surface area is 179 Å². The molecule has 4 rings (SSSR count). The molecule has 1 unspecified atom stereocenters. The van der Waals surface area contributed by atoms with E-state index in [9.17, 15) is 14.9 Å². The average molecular weight is 417 g/mol. The molecule has 0 bridgehead atoms. The number of para-hydroxylation sites is 1. The minimum absolute atomic E-state index is 0.215. The van der Waals surface area contributed by atoms with E-state index in [1.165, 1.54) is 0 Å². The molecule has 0 aliphatic carbocycles. The predicted molar refractivity (Wildman–Crippen MR) is 116 cm³/mol. The first-order chi connectivity index (χ1) is 15.0. The fraction of sp³-hybridized carbons (Fsp3) is 0.261. The van der Waals surface area contributed by atoms with Gasteiger partial charge in [-0.3, -0.25) is 10.1 Å². The van der Waals surface area contributed by atoms with E-state index >= 15 is 0 Å². The monoisotopic (exact) mass is 417 g/mol. The summed E-state index contributed by atoms with van der Waals surface area (Å²) in [6.45, 7) is 0.563. The molecule has 1 aliphatic heterocycles. The summed E-state index contributed by atoms with van der Waals surface area (Å²) in [7, 11) is 0. The lowest BCUT2D eigenvalue weighted by atomic mass is 10.0. The largest absolute Gasteiger partial charge is 0.417 e. The molecular weight excluding hydrogens is 394 g/mol. The Bertz CT molecular complexity index is 1140. The summed E-state index contributed by atoms with van der Waals surface area (Å²) in [5.41, 5.74) is 8.52. The first-order valence-electron chi connectivity index (χ1n) is 10.1. The maximum Gasteiger partial charge on any atom is 0.417 e. The second kappa shape index (κ2) is 8.90. The number of nitrogens with one attached hydrogen (secondary N) is 2. The Morgan fingerprint density at radius 1 is 1.29 bits per heavy atom. The lowest BCUT2D eigenvalue weighted by molar-refractivity contribution is -0.132. The zero-order valence-corrected chi connectivity index (χ0v) is 16.9. The first kappa shape index (κ1) is 20.4. The molecule has 2 atom stereocenters. The molecule has 0 spiro atoms. The number of amides is 2. The van der Waals surface area contributed by atoms with Crippen LogP contribution in [0, 0.1) is 11.3 Å². The molecule has 1 fully saturated rings. The topological polar surface area (TPSA) is 124 Å². The quantitative estimate of drug-likeness (QED) is 0.588. The molecule has 1 aromatic heterocycles. The maximum absolute atomic E-state index is 12.7. The van der Waals surface area contributed by atoms with E-state index in [0.29, 0.717) is 30.8 Å². The molecule has 2 heterocycles. The maximum atomic E-state index is 12.7. The summed E-state index contributed by atoms with van der Waals surface area (Å²) in [6, 6.07) is 15.3. The Hall–Kier alpha value is -3.83. The van der Waals surface area contributed by atoms with E-state index < -0.39 is 18.2 Å². The van der Waals surface area contributed by atoms with Crippen LogP contribution in [0.2, 0.25) is 0 Å². The van der Waals surface area contributed by atoms with Crippen molar-refractivity contribution in [1.29, 1.82) is 5.26 Å². The van der Waals surface area contributed by atoms with Gasteiger partial charge in [0.1, 0.15) is 11.8 Å². The summed E-state index contributed by atoms with van der Waals surface area (Å²) in [4.78, 5) is 29.6. The van der Waals surface area contributed by atoms with Crippen molar-refractivity contribution >= 4 is 28.6 Å². The van der Waals surface area contributed by atoms with Crippen LogP contribution < -0.4 is 15.8 Å². The van der Waals surface area contributed by atoms with Crippen molar-refractivity contribution < 1.29 is 14.3 Å². The fourth-order valence-electron chi connectivity index (χ4n) is 3.86. The average Bonchev–Trinajstić information content (AvgIpc) is 3.41. The number of nitriles is 1. The number of aromatic amines is 1. The van der Waals surface area contributed by atoms with Gasteiger partial charge in [-0.05, 0) is 55.2 Å². The standard InChI is InChI=1S/C23H23N5O3/c24-13-17-7-4-10-28(17)22(29)20(25)11-15-14-26-21-9-8-18(12-19(15)21)31-23(30)27-16-5-2-1-3-6-16/h1-3,5-6,8-9,12,14,17,20,26H,4,7,10-11,25H2,(H,27,30)/t17?,20-/m0/s1. The number of nitrogens with two attached hydrogens (primary N) is 1. The zero-order chi connectivity index (χ0) is 21.8. The van der Waals surface area contributed by atoms with Gasteiger partial charge >= 0.3 is 6.09 Å². The van der Waals surface area contributed by atoms with Crippen LogP contribution >= 0.6 is 0 Å². The summed E-state index contributed by atoms with van der Waals surface area (Å²) < 4.78 is 5.41. The van der Waals surface area contributed by atoms with Crippen LogP contribution in [-0.4, -0.2) is 40.5 Å². The van der Waals surface area contributed by atoms with E-state index in [2.05, 4.69) is 16.4 Å². The van der Waals surface area contributed by atoms with Crippen LogP contribution in [0.4, 0.5) is 10.5 Å². The SMILES string of the molecule is N#CC1CCCN1C(=O)[C@@H](N)Cc1c[nH]c2ccc(OC(=O)Nc3ccccc3)cc12. The summed E-state index contributed by atoms with van der Waals surface area (Å²) >= 11 is 0. The number of H-pyrrole nitrogens is 1. The molecule has 3 aromatic rings. The number of carbonyl (C=O) groups is 2. The van der Waals surface area contributed by atoms with Gasteiger partial charge in [0.05, 0.1) is 12.1 Å². The van der Waals surface area contributed by atoms with Crippen LogP contribution in [-0.2, 0) is 11.2 Å². The van der Waals surface area contributed by atoms with Gasteiger partial charge in [-0.25, -0.2) is 4.79 Å². The van der Waals surface area contributed by atoms with E-state index in [0.717, 1.165) is 22.9 Å². The summed E-state index contributed by atoms with van der Waals surface area (Å²) in [5, 5.41) is 12.7. The van der Waals surface area contributed by atoms with Crippen LogP contribution in [0.5, 0.6) is 5.75 Å². The number of benzene rings is 2. The second-order valence-electron chi connectivity index (χ2n) is 7.53. The molecule has 0 saturated carbocycles. The van der Waals surface area contributed by atoms with Gasteiger partial charge in [-0.15, -0.1) is 0 Å². The minimum Gasteiger partial charge on any atom is -0.410 e. The minimum atomic E-state index is -0.751. The number of carbonyl (C=O) groups excluding carboxylic acids is 2. The number of likely N-dealkylation sites (tertiary alicyclic amines) is 1. The molecule has 4 N–H and O–H groups in total.